The molecule has 1 aliphatic heterocycles. The first kappa shape index (κ1) is 16.8. The summed E-state index contributed by atoms with van der Waals surface area (Å²) in [5.74, 6) is 0.0860. The van der Waals surface area contributed by atoms with Crippen LogP contribution < -0.4 is 0 Å². The molecule has 0 radical (unpaired) electrons. The fourth-order valence-electron chi connectivity index (χ4n) is 1.94. The molecule has 1 rings (SSSR count). The van der Waals surface area contributed by atoms with Crippen molar-refractivity contribution in [2.24, 2.45) is 0 Å². The van der Waals surface area contributed by atoms with E-state index in [1.54, 1.807) is 6.92 Å². The molecule has 0 aromatic heterocycles. The lowest BCUT2D eigenvalue weighted by molar-refractivity contribution is -0.116. The third kappa shape index (κ3) is 4.35. The zero-order chi connectivity index (χ0) is 14.7. The molecule has 0 amide bonds. The van der Waals surface area contributed by atoms with Crippen LogP contribution in [0.15, 0.2) is 0 Å². The third-order valence-corrected chi connectivity index (χ3v) is 8.10. The van der Waals surface area contributed by atoms with Crippen LogP contribution >= 0.6 is 10.3 Å². The maximum absolute atomic E-state index is 12.4. The Balaban J connectivity index is 2.87. The highest BCUT2D eigenvalue weighted by Gasteiger charge is 2.51. The highest BCUT2D eigenvalue weighted by molar-refractivity contribution is 8.33. The molecule has 0 atom stereocenters. The molecule has 0 aromatic carbocycles. The van der Waals surface area contributed by atoms with Gasteiger partial charge in [-0.1, -0.05) is 6.92 Å². The summed E-state index contributed by atoms with van der Waals surface area (Å²) in [5, 5.41) is 0. The van der Waals surface area contributed by atoms with Crippen LogP contribution in [0.2, 0.25) is 0 Å². The highest BCUT2D eigenvalue weighted by atomic mass is 32.3. The topological polar surface area (TPSA) is 60.4 Å². The average molecular weight is 322 g/mol. The third-order valence-electron chi connectivity index (χ3n) is 2.75. The number of Topliss-reactive ketones (excluding diaryl/α,β-unsaturated/α-hetero) is 1. The Labute approximate surface area is 112 Å². The molecule has 0 bridgehead atoms. The first-order valence-electron chi connectivity index (χ1n) is 5.92. The van der Waals surface area contributed by atoms with E-state index >= 15 is 0 Å². The maximum Gasteiger partial charge on any atom is 0.523 e. The second-order valence-corrected chi connectivity index (χ2v) is 9.43. The number of hydrogen-bond acceptors (Lipinski definition) is 4. The fourth-order valence-corrected chi connectivity index (χ4v) is 7.19. The van der Waals surface area contributed by atoms with E-state index in [2.05, 4.69) is 3.63 Å². The van der Waals surface area contributed by atoms with E-state index < -0.39 is 25.9 Å². The minimum absolute atomic E-state index is 0.184. The lowest BCUT2D eigenvalue weighted by atomic mass is 10.3. The molecule has 0 N–H and O–H groups in total. The van der Waals surface area contributed by atoms with E-state index in [1.807, 2.05) is 0 Å². The van der Waals surface area contributed by atoms with Gasteiger partial charge < -0.3 is 0 Å². The molecule has 0 aromatic rings. The van der Waals surface area contributed by atoms with Crippen LogP contribution in [0.1, 0.15) is 32.6 Å². The van der Waals surface area contributed by atoms with Gasteiger partial charge in [-0.2, -0.15) is 21.6 Å². The van der Waals surface area contributed by atoms with Gasteiger partial charge in [0.25, 0.3) is 0 Å². The molecule has 0 saturated carbocycles. The second kappa shape index (κ2) is 6.01. The smallest absolute Gasteiger partial charge is 0.299 e. The predicted molar refractivity (Wildman–Crippen MR) is 67.4 cm³/mol. The monoisotopic (exact) mass is 322 g/mol. The molecule has 1 aliphatic rings. The van der Waals surface area contributed by atoms with Crippen molar-refractivity contribution in [1.29, 1.82) is 0 Å². The molecule has 0 unspecified atom stereocenters. The summed E-state index contributed by atoms with van der Waals surface area (Å²) < 4.78 is 63.8. The van der Waals surface area contributed by atoms with Gasteiger partial charge in [0.15, 0.2) is 0 Å². The molecular formula is C10H17F3O4S2. The lowest BCUT2D eigenvalue weighted by Gasteiger charge is -2.33. The van der Waals surface area contributed by atoms with Gasteiger partial charge in [0.05, 0.1) is 5.75 Å². The molecular weight excluding hydrogens is 305 g/mol. The first-order valence-corrected chi connectivity index (χ1v) is 9.40. The van der Waals surface area contributed by atoms with Crippen LogP contribution in [0.25, 0.3) is 0 Å². The number of halogens is 3. The zero-order valence-electron chi connectivity index (χ0n) is 10.5. The van der Waals surface area contributed by atoms with Crippen molar-refractivity contribution >= 4 is 26.2 Å². The molecule has 9 heteroatoms. The van der Waals surface area contributed by atoms with Gasteiger partial charge in [0.2, 0.25) is 0 Å². The van der Waals surface area contributed by atoms with Gasteiger partial charge in [-0.15, -0.1) is 10.3 Å². The molecule has 114 valence electrons. The largest absolute Gasteiger partial charge is 0.523 e. The molecule has 1 fully saturated rings. The van der Waals surface area contributed by atoms with Gasteiger partial charge in [0, 0.05) is 17.9 Å². The normalized spacial score (nSPS) is 21.3. The summed E-state index contributed by atoms with van der Waals surface area (Å²) in [6.07, 6.45) is 2.02. The van der Waals surface area contributed by atoms with Crippen LogP contribution in [-0.4, -0.2) is 37.0 Å². The predicted octanol–water partition coefficient (Wildman–Crippen LogP) is 2.74. The summed E-state index contributed by atoms with van der Waals surface area (Å²) >= 11 is 0. The number of carbonyl (C=O) groups is 1. The van der Waals surface area contributed by atoms with E-state index in [1.165, 1.54) is 0 Å². The van der Waals surface area contributed by atoms with Crippen molar-refractivity contribution in [3.05, 3.63) is 0 Å². The zero-order valence-corrected chi connectivity index (χ0v) is 12.2. The Morgan fingerprint density at radius 3 is 2.21 bits per heavy atom. The summed E-state index contributed by atoms with van der Waals surface area (Å²) in [4.78, 5) is 11.6. The van der Waals surface area contributed by atoms with Gasteiger partial charge >= 0.3 is 15.6 Å². The van der Waals surface area contributed by atoms with Crippen LogP contribution in [0.5, 0.6) is 0 Å². The van der Waals surface area contributed by atoms with Crippen molar-refractivity contribution in [1.82, 2.24) is 0 Å². The second-order valence-electron chi connectivity index (χ2n) is 4.48. The van der Waals surface area contributed by atoms with E-state index in [0.717, 1.165) is 0 Å². The van der Waals surface area contributed by atoms with Crippen molar-refractivity contribution in [2.75, 3.05) is 17.3 Å². The number of hydrogen-bond donors (Lipinski definition) is 0. The molecule has 0 aliphatic carbocycles. The Morgan fingerprint density at radius 1 is 1.26 bits per heavy atom. The van der Waals surface area contributed by atoms with Crippen molar-refractivity contribution in [3.8, 4) is 0 Å². The lowest BCUT2D eigenvalue weighted by Crippen LogP contribution is -2.30. The maximum atomic E-state index is 12.4. The molecule has 4 nitrogen and oxygen atoms in total. The average Bonchev–Trinajstić information content (AvgIpc) is 2.63. The summed E-state index contributed by atoms with van der Waals surface area (Å²) in [6.45, 7) is 1.78. The standard InChI is InChI=1S/C10H17F3O4S2/c1-2-5-9(14)8-18(6-3-4-7-18)17-19(15,16)10(11,12)13/h2-8H2,1H3. The molecule has 19 heavy (non-hydrogen) atoms. The van der Waals surface area contributed by atoms with E-state index in [9.17, 15) is 26.4 Å². The highest BCUT2D eigenvalue weighted by Crippen LogP contribution is 2.57. The van der Waals surface area contributed by atoms with Crippen LogP contribution in [0.3, 0.4) is 0 Å². The number of carbonyl (C=O) groups excluding carboxylic acids is 1. The number of ketones is 1. The van der Waals surface area contributed by atoms with Crippen molar-refractivity contribution < 1.29 is 30.0 Å². The Kier molecular flexibility index (Phi) is 5.30. The Hall–Kier alpha value is -0.280. The molecule has 0 spiro atoms. The van der Waals surface area contributed by atoms with E-state index in [-0.39, 0.29) is 29.5 Å². The number of alkyl halides is 3. The van der Waals surface area contributed by atoms with Gasteiger partial charge in [0.1, 0.15) is 5.78 Å². The molecule has 1 heterocycles. The van der Waals surface area contributed by atoms with Crippen molar-refractivity contribution in [3.63, 3.8) is 0 Å². The summed E-state index contributed by atoms with van der Waals surface area (Å²) in [6, 6.07) is 0. The van der Waals surface area contributed by atoms with Crippen LogP contribution in [-0.2, 0) is 18.5 Å². The Morgan fingerprint density at radius 2 is 1.79 bits per heavy atom. The van der Waals surface area contributed by atoms with Crippen LogP contribution in [0, 0.1) is 0 Å². The van der Waals surface area contributed by atoms with Gasteiger partial charge in [-0.3, -0.25) is 4.79 Å². The van der Waals surface area contributed by atoms with E-state index in [0.29, 0.717) is 19.3 Å². The van der Waals surface area contributed by atoms with Crippen LogP contribution in [0.4, 0.5) is 13.2 Å². The fraction of sp³-hybridized carbons (Fsp3) is 0.900. The summed E-state index contributed by atoms with van der Waals surface area (Å²) in [5.41, 5.74) is -5.43. The minimum atomic E-state index is -5.62. The van der Waals surface area contributed by atoms with E-state index in [4.69, 9.17) is 0 Å². The van der Waals surface area contributed by atoms with Gasteiger partial charge in [-0.05, 0) is 19.3 Å². The molecule has 1 saturated heterocycles. The minimum Gasteiger partial charge on any atom is -0.299 e. The van der Waals surface area contributed by atoms with Crippen molar-refractivity contribution in [2.45, 2.75) is 38.1 Å². The Bertz CT molecular complexity index is 425. The SMILES string of the molecule is CCCC(=O)CS1(OS(=O)(=O)C(F)(F)F)CCCC1. The van der Waals surface area contributed by atoms with Gasteiger partial charge in [-0.25, -0.2) is 3.63 Å². The number of rotatable bonds is 6. The quantitative estimate of drug-likeness (QED) is 0.706. The summed E-state index contributed by atoms with van der Waals surface area (Å²) in [7, 11) is -8.10. The first-order chi connectivity index (χ1) is 8.62.